The highest BCUT2D eigenvalue weighted by Crippen LogP contribution is 2.15. The van der Waals surface area contributed by atoms with E-state index in [-0.39, 0.29) is 11.8 Å². The zero-order valence-corrected chi connectivity index (χ0v) is 15.1. The van der Waals surface area contributed by atoms with Gasteiger partial charge in [-0.1, -0.05) is 24.3 Å². The van der Waals surface area contributed by atoms with Crippen LogP contribution in [0.2, 0.25) is 0 Å². The smallest absolute Gasteiger partial charge is 0.255 e. The molecule has 132 valence electrons. The Kier molecular flexibility index (Phi) is 4.93. The molecule has 1 aromatic heterocycles. The third-order valence-electron chi connectivity index (χ3n) is 4.90. The number of benzene rings is 1. The molecule has 1 aromatic carbocycles. The number of amides is 2. The minimum Gasteiger partial charge on any atom is -0.362 e. The number of aryl methyl sites for hydroxylation is 3. The van der Waals surface area contributed by atoms with Crippen molar-refractivity contribution in [2.45, 2.75) is 27.2 Å². The van der Waals surface area contributed by atoms with Gasteiger partial charge in [-0.25, -0.2) is 0 Å². The highest BCUT2D eigenvalue weighted by atomic mass is 16.2. The molecule has 0 saturated carbocycles. The summed E-state index contributed by atoms with van der Waals surface area (Å²) >= 11 is 0. The lowest BCUT2D eigenvalue weighted by atomic mass is 10.1. The first kappa shape index (κ1) is 17.3. The third-order valence-corrected chi connectivity index (χ3v) is 4.90. The number of carbonyl (C=O) groups is 2. The Morgan fingerprint density at radius 2 is 1.64 bits per heavy atom. The molecule has 5 nitrogen and oxygen atoms in total. The molecule has 0 bridgehead atoms. The van der Waals surface area contributed by atoms with Crippen molar-refractivity contribution in [1.29, 1.82) is 0 Å². The number of carbonyl (C=O) groups excluding carboxylic acids is 2. The first-order chi connectivity index (χ1) is 12.0. The Balaban J connectivity index is 1.58. The van der Waals surface area contributed by atoms with Gasteiger partial charge in [0.1, 0.15) is 0 Å². The maximum absolute atomic E-state index is 12.6. The molecule has 2 amide bonds. The van der Waals surface area contributed by atoms with E-state index in [1.807, 2.05) is 60.9 Å². The van der Waals surface area contributed by atoms with Crippen molar-refractivity contribution in [3.63, 3.8) is 0 Å². The molecule has 0 spiro atoms. The fraction of sp³-hybridized carbons (Fsp3) is 0.400. The molecular weight excluding hydrogens is 314 g/mol. The summed E-state index contributed by atoms with van der Waals surface area (Å²) in [5.74, 6) is 0.183. The van der Waals surface area contributed by atoms with Crippen molar-refractivity contribution < 1.29 is 9.59 Å². The molecule has 1 N–H and O–H groups in total. The topological polar surface area (TPSA) is 56.4 Å². The zero-order valence-electron chi connectivity index (χ0n) is 15.1. The molecule has 1 fully saturated rings. The molecule has 0 aliphatic carbocycles. The van der Waals surface area contributed by atoms with Gasteiger partial charge in [0.25, 0.3) is 5.91 Å². The molecule has 3 rings (SSSR count). The van der Waals surface area contributed by atoms with E-state index in [4.69, 9.17) is 0 Å². The summed E-state index contributed by atoms with van der Waals surface area (Å²) in [6.45, 7) is 8.26. The van der Waals surface area contributed by atoms with E-state index in [1.165, 1.54) is 0 Å². The summed E-state index contributed by atoms with van der Waals surface area (Å²) in [5, 5.41) is 0. The van der Waals surface area contributed by atoms with E-state index in [1.54, 1.807) is 0 Å². The molecular formula is C20H25N3O2. The molecule has 0 unspecified atom stereocenters. The SMILES string of the molecule is Cc1cc(C(=O)N2CCN(C(=O)Cc3ccccc3C)CC2)c(C)[nH]1. The van der Waals surface area contributed by atoms with Crippen molar-refractivity contribution in [3.8, 4) is 0 Å². The minimum atomic E-state index is 0.0489. The summed E-state index contributed by atoms with van der Waals surface area (Å²) in [6.07, 6.45) is 0.427. The van der Waals surface area contributed by atoms with Crippen LogP contribution in [0.25, 0.3) is 0 Å². The van der Waals surface area contributed by atoms with E-state index in [0.29, 0.717) is 32.6 Å². The Hall–Kier alpha value is -2.56. The number of rotatable bonds is 3. The molecule has 2 heterocycles. The van der Waals surface area contributed by atoms with E-state index < -0.39 is 0 Å². The number of aromatic nitrogens is 1. The number of aromatic amines is 1. The van der Waals surface area contributed by atoms with Crippen molar-refractivity contribution >= 4 is 11.8 Å². The molecule has 25 heavy (non-hydrogen) atoms. The largest absolute Gasteiger partial charge is 0.362 e. The lowest BCUT2D eigenvalue weighted by molar-refractivity contribution is -0.131. The number of piperazine rings is 1. The molecule has 0 atom stereocenters. The number of hydrogen-bond acceptors (Lipinski definition) is 2. The lowest BCUT2D eigenvalue weighted by Crippen LogP contribution is -2.51. The summed E-state index contributed by atoms with van der Waals surface area (Å²) in [5.41, 5.74) is 4.85. The maximum Gasteiger partial charge on any atom is 0.255 e. The van der Waals surface area contributed by atoms with E-state index in [2.05, 4.69) is 4.98 Å². The molecule has 1 aliphatic rings. The van der Waals surface area contributed by atoms with Gasteiger partial charge in [-0.15, -0.1) is 0 Å². The van der Waals surface area contributed by atoms with Crippen molar-refractivity contribution in [2.75, 3.05) is 26.2 Å². The summed E-state index contributed by atoms with van der Waals surface area (Å²) < 4.78 is 0. The standard InChI is InChI=1S/C20H25N3O2/c1-14-6-4-5-7-17(14)13-19(24)22-8-10-23(11-9-22)20(25)18-12-15(2)21-16(18)3/h4-7,12,21H,8-11,13H2,1-3H3. The van der Waals surface area contributed by atoms with Crippen LogP contribution in [0, 0.1) is 20.8 Å². The van der Waals surface area contributed by atoms with E-state index in [0.717, 1.165) is 28.1 Å². The van der Waals surface area contributed by atoms with Gasteiger partial charge in [0, 0.05) is 37.6 Å². The predicted molar refractivity (Wildman–Crippen MR) is 97.6 cm³/mol. The van der Waals surface area contributed by atoms with Gasteiger partial charge in [-0.05, 0) is 38.0 Å². The minimum absolute atomic E-state index is 0.0489. The quantitative estimate of drug-likeness (QED) is 0.934. The average Bonchev–Trinajstić information content (AvgIpc) is 2.94. The van der Waals surface area contributed by atoms with Gasteiger partial charge in [-0.3, -0.25) is 9.59 Å². The van der Waals surface area contributed by atoms with Gasteiger partial charge in [0.05, 0.1) is 12.0 Å². The Morgan fingerprint density at radius 3 is 2.24 bits per heavy atom. The van der Waals surface area contributed by atoms with Gasteiger partial charge in [0.15, 0.2) is 0 Å². The third kappa shape index (κ3) is 3.76. The van der Waals surface area contributed by atoms with Crippen LogP contribution in [0.3, 0.4) is 0 Å². The summed E-state index contributed by atoms with van der Waals surface area (Å²) in [6, 6.07) is 9.88. The first-order valence-corrected chi connectivity index (χ1v) is 8.73. The van der Waals surface area contributed by atoms with Crippen LogP contribution in [0.15, 0.2) is 30.3 Å². The number of hydrogen-bond donors (Lipinski definition) is 1. The summed E-state index contributed by atoms with van der Waals surface area (Å²) in [7, 11) is 0. The monoisotopic (exact) mass is 339 g/mol. The number of nitrogens with zero attached hydrogens (tertiary/aromatic N) is 2. The second-order valence-corrected chi connectivity index (χ2v) is 6.77. The zero-order chi connectivity index (χ0) is 18.0. The van der Waals surface area contributed by atoms with Crippen LogP contribution in [0.1, 0.15) is 32.9 Å². The average molecular weight is 339 g/mol. The molecule has 5 heteroatoms. The Labute approximate surface area is 148 Å². The van der Waals surface area contributed by atoms with Gasteiger partial charge >= 0.3 is 0 Å². The normalized spacial score (nSPS) is 14.7. The molecule has 0 radical (unpaired) electrons. The van der Waals surface area contributed by atoms with E-state index in [9.17, 15) is 9.59 Å². The Bertz CT molecular complexity index is 786. The molecule has 1 aliphatic heterocycles. The predicted octanol–water partition coefficient (Wildman–Crippen LogP) is 2.47. The van der Waals surface area contributed by atoms with Crippen molar-refractivity contribution in [1.82, 2.24) is 14.8 Å². The summed E-state index contributed by atoms with van der Waals surface area (Å²) in [4.78, 5) is 32.1. The van der Waals surface area contributed by atoms with Crippen molar-refractivity contribution in [2.24, 2.45) is 0 Å². The first-order valence-electron chi connectivity index (χ1n) is 8.73. The number of H-pyrrole nitrogens is 1. The number of nitrogens with one attached hydrogen (secondary N) is 1. The second-order valence-electron chi connectivity index (χ2n) is 6.77. The maximum atomic E-state index is 12.6. The highest BCUT2D eigenvalue weighted by molar-refractivity contribution is 5.95. The lowest BCUT2D eigenvalue weighted by Gasteiger charge is -2.35. The highest BCUT2D eigenvalue weighted by Gasteiger charge is 2.26. The van der Waals surface area contributed by atoms with Crippen LogP contribution < -0.4 is 0 Å². The van der Waals surface area contributed by atoms with Gasteiger partial charge < -0.3 is 14.8 Å². The van der Waals surface area contributed by atoms with Crippen LogP contribution in [-0.4, -0.2) is 52.8 Å². The van der Waals surface area contributed by atoms with Crippen LogP contribution in [-0.2, 0) is 11.2 Å². The fourth-order valence-electron chi connectivity index (χ4n) is 3.36. The van der Waals surface area contributed by atoms with Gasteiger partial charge in [-0.2, -0.15) is 0 Å². The van der Waals surface area contributed by atoms with Crippen LogP contribution >= 0.6 is 0 Å². The van der Waals surface area contributed by atoms with Crippen LogP contribution in [0.5, 0.6) is 0 Å². The van der Waals surface area contributed by atoms with Gasteiger partial charge in [0.2, 0.25) is 5.91 Å². The second kappa shape index (κ2) is 7.13. The molecule has 2 aromatic rings. The molecule has 1 saturated heterocycles. The van der Waals surface area contributed by atoms with E-state index >= 15 is 0 Å². The van der Waals surface area contributed by atoms with Crippen LogP contribution in [0.4, 0.5) is 0 Å². The fourth-order valence-corrected chi connectivity index (χ4v) is 3.36. The Morgan fingerprint density at radius 1 is 1.00 bits per heavy atom. The van der Waals surface area contributed by atoms with Crippen molar-refractivity contribution in [3.05, 3.63) is 58.4 Å².